The van der Waals surface area contributed by atoms with E-state index in [1.54, 1.807) is 0 Å². The largest absolute Gasteiger partial charge is 0.492 e. The van der Waals surface area contributed by atoms with E-state index in [9.17, 15) is 13.2 Å². The lowest BCUT2D eigenvalue weighted by atomic mass is 10.3. The zero-order valence-corrected chi connectivity index (χ0v) is 8.33. The Morgan fingerprint density at radius 3 is 2.29 bits per heavy atom. The van der Waals surface area contributed by atoms with E-state index < -0.39 is 17.0 Å². The van der Waals surface area contributed by atoms with E-state index in [2.05, 4.69) is 9.72 Å². The first-order chi connectivity index (χ1) is 6.36. The molecule has 7 heteroatoms. The minimum Gasteiger partial charge on any atom is -0.492 e. The van der Waals surface area contributed by atoms with Crippen molar-refractivity contribution in [3.63, 3.8) is 0 Å². The van der Waals surface area contributed by atoms with Crippen molar-refractivity contribution < 1.29 is 17.9 Å². The van der Waals surface area contributed by atoms with Crippen LogP contribution in [0.4, 0.5) is 13.2 Å². The first kappa shape index (κ1) is 11.4. The summed E-state index contributed by atoms with van der Waals surface area (Å²) >= 11 is 10.9. The number of alkyl halides is 3. The van der Waals surface area contributed by atoms with Crippen LogP contribution in [0.15, 0.2) is 6.07 Å². The van der Waals surface area contributed by atoms with Crippen LogP contribution in [-0.4, -0.2) is 12.1 Å². The van der Waals surface area contributed by atoms with E-state index in [1.807, 2.05) is 0 Å². The molecule has 0 bridgehead atoms. The molecule has 0 saturated carbocycles. The average molecular weight is 246 g/mol. The molecule has 1 heterocycles. The lowest BCUT2D eigenvalue weighted by molar-refractivity contribution is -0.141. The van der Waals surface area contributed by atoms with Crippen LogP contribution in [0.3, 0.4) is 0 Å². The third-order valence-corrected chi connectivity index (χ3v) is 1.92. The minimum absolute atomic E-state index is 0.0682. The predicted molar refractivity (Wildman–Crippen MR) is 45.8 cm³/mol. The van der Waals surface area contributed by atoms with Gasteiger partial charge in [0, 0.05) is 0 Å². The molecule has 0 aliphatic rings. The maximum absolute atomic E-state index is 12.2. The summed E-state index contributed by atoms with van der Waals surface area (Å²) in [4.78, 5) is 3.11. The highest BCUT2D eigenvalue weighted by Crippen LogP contribution is 2.36. The first-order valence-electron chi connectivity index (χ1n) is 3.33. The van der Waals surface area contributed by atoms with Crippen LogP contribution in [0.5, 0.6) is 5.75 Å². The summed E-state index contributed by atoms with van der Waals surface area (Å²) in [6, 6.07) is 0.659. The molecule has 0 saturated heterocycles. The Hall–Kier alpha value is -0.680. The van der Waals surface area contributed by atoms with E-state index in [1.165, 1.54) is 7.11 Å². The van der Waals surface area contributed by atoms with Gasteiger partial charge in [0.05, 0.1) is 12.1 Å². The van der Waals surface area contributed by atoms with Crippen LogP contribution in [0.2, 0.25) is 10.2 Å². The van der Waals surface area contributed by atoms with Gasteiger partial charge >= 0.3 is 6.18 Å². The van der Waals surface area contributed by atoms with Gasteiger partial charge < -0.3 is 4.74 Å². The van der Waals surface area contributed by atoms with Crippen LogP contribution >= 0.6 is 23.2 Å². The summed E-state index contributed by atoms with van der Waals surface area (Å²) < 4.78 is 41.1. The average Bonchev–Trinajstić information content (AvgIpc) is 2.01. The van der Waals surface area contributed by atoms with Crippen molar-refractivity contribution in [1.29, 1.82) is 0 Å². The standard InChI is InChI=1S/C7H4Cl2F3NO/c1-14-5-3(8)2-4(7(10,11)12)13-6(5)9/h2H,1H3. The molecule has 0 N–H and O–H groups in total. The molecule has 0 amide bonds. The predicted octanol–water partition coefficient (Wildman–Crippen LogP) is 3.42. The summed E-state index contributed by atoms with van der Waals surface area (Å²) in [7, 11) is 1.24. The molecule has 1 rings (SSSR count). The molecule has 0 unspecified atom stereocenters. The fourth-order valence-corrected chi connectivity index (χ4v) is 1.39. The molecule has 2 nitrogen and oxygen atoms in total. The van der Waals surface area contributed by atoms with Crippen molar-refractivity contribution in [1.82, 2.24) is 4.98 Å². The van der Waals surface area contributed by atoms with Gasteiger partial charge in [0.1, 0.15) is 5.69 Å². The van der Waals surface area contributed by atoms with E-state index in [0.717, 1.165) is 0 Å². The Kier molecular flexibility index (Phi) is 3.11. The van der Waals surface area contributed by atoms with Gasteiger partial charge in [0.2, 0.25) is 0 Å². The number of hydrogen-bond donors (Lipinski definition) is 0. The second-order valence-electron chi connectivity index (χ2n) is 2.31. The Bertz CT molecular complexity index is 330. The van der Waals surface area contributed by atoms with Crippen molar-refractivity contribution in [2.75, 3.05) is 7.11 Å². The SMILES string of the molecule is COc1c(Cl)cc(C(F)(F)F)nc1Cl. The molecule has 0 aliphatic heterocycles. The van der Waals surface area contributed by atoms with Crippen LogP contribution in [0.1, 0.15) is 5.69 Å². The Balaban J connectivity index is 3.28. The van der Waals surface area contributed by atoms with Gasteiger partial charge in [-0.25, -0.2) is 4.98 Å². The highest BCUT2D eigenvalue weighted by molar-refractivity contribution is 6.36. The lowest BCUT2D eigenvalue weighted by Crippen LogP contribution is -2.08. The summed E-state index contributed by atoms with van der Waals surface area (Å²) in [6.07, 6.45) is -4.57. The number of rotatable bonds is 1. The Morgan fingerprint density at radius 2 is 1.93 bits per heavy atom. The van der Waals surface area contributed by atoms with Gasteiger partial charge in [-0.1, -0.05) is 23.2 Å². The van der Waals surface area contributed by atoms with Crippen LogP contribution in [-0.2, 0) is 6.18 Å². The van der Waals surface area contributed by atoms with Crippen LogP contribution in [0.25, 0.3) is 0 Å². The van der Waals surface area contributed by atoms with Gasteiger partial charge in [-0.2, -0.15) is 13.2 Å². The third-order valence-electron chi connectivity index (χ3n) is 1.38. The molecule has 0 fully saturated rings. The van der Waals surface area contributed by atoms with Crippen molar-refractivity contribution in [2.24, 2.45) is 0 Å². The highest BCUT2D eigenvalue weighted by atomic mass is 35.5. The van der Waals surface area contributed by atoms with E-state index in [0.29, 0.717) is 6.07 Å². The molecule has 14 heavy (non-hydrogen) atoms. The van der Waals surface area contributed by atoms with E-state index >= 15 is 0 Å². The maximum atomic E-state index is 12.2. The maximum Gasteiger partial charge on any atom is 0.433 e. The number of halogens is 5. The summed E-state index contributed by atoms with van der Waals surface area (Å²) in [6.45, 7) is 0. The Morgan fingerprint density at radius 1 is 1.36 bits per heavy atom. The van der Waals surface area contributed by atoms with Gasteiger partial charge in [0.15, 0.2) is 10.9 Å². The highest BCUT2D eigenvalue weighted by Gasteiger charge is 2.34. The van der Waals surface area contributed by atoms with Crippen molar-refractivity contribution in [3.05, 3.63) is 21.9 Å². The fraction of sp³-hybridized carbons (Fsp3) is 0.286. The van der Waals surface area contributed by atoms with Crippen LogP contribution in [0, 0.1) is 0 Å². The third kappa shape index (κ3) is 2.22. The normalized spacial score (nSPS) is 11.6. The second kappa shape index (κ2) is 3.82. The van der Waals surface area contributed by atoms with Crippen molar-refractivity contribution in [3.8, 4) is 5.75 Å². The number of methoxy groups -OCH3 is 1. The van der Waals surface area contributed by atoms with Gasteiger partial charge in [0.25, 0.3) is 0 Å². The number of ether oxygens (including phenoxy) is 1. The first-order valence-corrected chi connectivity index (χ1v) is 4.09. The monoisotopic (exact) mass is 245 g/mol. The zero-order valence-electron chi connectivity index (χ0n) is 6.82. The van der Waals surface area contributed by atoms with Crippen molar-refractivity contribution in [2.45, 2.75) is 6.18 Å². The summed E-state index contributed by atoms with van der Waals surface area (Å²) in [5.41, 5.74) is -1.15. The molecule has 1 aromatic heterocycles. The molecular weight excluding hydrogens is 242 g/mol. The molecule has 0 atom stereocenters. The number of pyridine rings is 1. The molecule has 0 aromatic carbocycles. The quantitative estimate of drug-likeness (QED) is 0.708. The number of nitrogens with zero attached hydrogens (tertiary/aromatic N) is 1. The molecule has 78 valence electrons. The van der Waals surface area contributed by atoms with E-state index in [4.69, 9.17) is 23.2 Å². The fourth-order valence-electron chi connectivity index (χ4n) is 0.800. The molecule has 1 aromatic rings. The topological polar surface area (TPSA) is 22.1 Å². The summed E-state index contributed by atoms with van der Waals surface area (Å²) in [5.74, 6) is -0.0682. The van der Waals surface area contributed by atoms with Crippen LogP contribution < -0.4 is 4.74 Å². The molecular formula is C7H4Cl2F3NO. The number of hydrogen-bond acceptors (Lipinski definition) is 2. The molecule has 0 spiro atoms. The van der Waals surface area contributed by atoms with E-state index in [-0.39, 0.29) is 10.8 Å². The Labute approximate surface area is 87.6 Å². The smallest absolute Gasteiger partial charge is 0.433 e. The van der Waals surface area contributed by atoms with Gasteiger partial charge in [-0.15, -0.1) is 0 Å². The zero-order chi connectivity index (χ0) is 10.9. The lowest BCUT2D eigenvalue weighted by Gasteiger charge is -2.09. The number of aromatic nitrogens is 1. The summed E-state index contributed by atoms with van der Waals surface area (Å²) in [5, 5.41) is -0.632. The second-order valence-corrected chi connectivity index (χ2v) is 3.08. The van der Waals surface area contributed by atoms with Gasteiger partial charge in [-0.3, -0.25) is 0 Å². The minimum atomic E-state index is -4.57. The van der Waals surface area contributed by atoms with Crippen molar-refractivity contribution >= 4 is 23.2 Å². The molecule has 0 radical (unpaired) electrons. The van der Waals surface area contributed by atoms with Gasteiger partial charge in [-0.05, 0) is 6.07 Å². The molecule has 0 aliphatic carbocycles.